The van der Waals surface area contributed by atoms with Crippen LogP contribution in [0.5, 0.6) is 0 Å². The van der Waals surface area contributed by atoms with Gasteiger partial charge in [0, 0.05) is 5.56 Å². The van der Waals surface area contributed by atoms with Crippen LogP contribution in [0.25, 0.3) is 43.9 Å². The molecule has 3 aromatic heterocycles. The van der Waals surface area contributed by atoms with Crippen LogP contribution < -0.4 is 5.73 Å². The Morgan fingerprint density at radius 1 is 1.00 bits per heavy atom. The third-order valence-electron chi connectivity index (χ3n) is 4.77. The Hall–Kier alpha value is -4.27. The number of nitriles is 2. The number of H-pyrrole nitrogens is 1. The van der Waals surface area contributed by atoms with Crippen molar-refractivity contribution in [1.29, 1.82) is 10.5 Å². The number of nitrogen functional groups attached to an aromatic ring is 1. The van der Waals surface area contributed by atoms with Crippen molar-refractivity contribution in [1.82, 2.24) is 19.9 Å². The molecule has 0 bridgehead atoms. The van der Waals surface area contributed by atoms with E-state index in [0.717, 1.165) is 20.7 Å². The Morgan fingerprint density at radius 3 is 2.67 bits per heavy atom. The van der Waals surface area contributed by atoms with E-state index < -0.39 is 0 Å². The zero-order valence-corrected chi connectivity index (χ0v) is 16.4. The molecule has 5 aromatic rings. The number of fused-ring (bicyclic) bond motifs is 2. The molecule has 0 aliphatic rings. The number of rotatable bonds is 3. The molecule has 3 heterocycles. The van der Waals surface area contributed by atoms with Crippen LogP contribution >= 0.6 is 11.3 Å². The van der Waals surface area contributed by atoms with Gasteiger partial charge in [-0.05, 0) is 24.3 Å². The van der Waals surface area contributed by atoms with Crippen LogP contribution in [0.15, 0.2) is 48.5 Å². The Balaban J connectivity index is 1.69. The fourth-order valence-corrected chi connectivity index (χ4v) is 4.34. The van der Waals surface area contributed by atoms with Crippen LogP contribution in [0.2, 0.25) is 0 Å². The monoisotopic (exact) mass is 407 g/mol. The highest BCUT2D eigenvalue weighted by Gasteiger charge is 2.18. The topological polar surface area (TPSA) is 128 Å². The number of nitrogens with two attached hydrogens (primary N) is 1. The van der Waals surface area contributed by atoms with Gasteiger partial charge in [0.05, 0.1) is 50.6 Å². The lowest BCUT2D eigenvalue weighted by Crippen LogP contribution is -2.00. The second kappa shape index (κ2) is 6.96. The van der Waals surface area contributed by atoms with Crippen molar-refractivity contribution < 1.29 is 0 Å². The molecule has 0 radical (unpaired) electrons. The van der Waals surface area contributed by atoms with Gasteiger partial charge in [-0.1, -0.05) is 24.3 Å². The Kier molecular flexibility index (Phi) is 4.13. The molecule has 30 heavy (non-hydrogen) atoms. The fourth-order valence-electron chi connectivity index (χ4n) is 3.42. The number of anilines is 1. The second-order valence-corrected chi connectivity index (χ2v) is 7.74. The number of hydrogen-bond donors (Lipinski definition) is 2. The predicted molar refractivity (Wildman–Crippen MR) is 116 cm³/mol. The van der Waals surface area contributed by atoms with Crippen LogP contribution in [-0.4, -0.2) is 19.9 Å². The minimum Gasteiger partial charge on any atom is -0.383 e. The van der Waals surface area contributed by atoms with Gasteiger partial charge >= 0.3 is 0 Å². The first-order chi connectivity index (χ1) is 14.7. The molecular weight excluding hydrogens is 394 g/mol. The molecule has 0 fully saturated rings. The average Bonchev–Trinajstić information content (AvgIpc) is 3.37. The van der Waals surface area contributed by atoms with Gasteiger partial charge in [-0.3, -0.25) is 0 Å². The lowest BCUT2D eigenvalue weighted by atomic mass is 10.0. The number of aromatic amines is 1. The number of thiazole rings is 1. The van der Waals surface area contributed by atoms with Gasteiger partial charge < -0.3 is 10.7 Å². The molecule has 0 aliphatic carbocycles. The summed E-state index contributed by atoms with van der Waals surface area (Å²) in [7, 11) is 0. The van der Waals surface area contributed by atoms with Crippen molar-refractivity contribution in [3.8, 4) is 34.8 Å². The second-order valence-electron chi connectivity index (χ2n) is 6.63. The number of nitrogens with one attached hydrogen (secondary N) is 1. The number of nitrogens with zero attached hydrogens (tertiary/aromatic N) is 5. The largest absolute Gasteiger partial charge is 0.383 e. The first-order valence-electron chi connectivity index (χ1n) is 9.09. The summed E-state index contributed by atoms with van der Waals surface area (Å²) in [5, 5.41) is 19.5. The van der Waals surface area contributed by atoms with Gasteiger partial charge in [-0.25, -0.2) is 15.0 Å². The number of imidazole rings is 1. The molecule has 0 saturated heterocycles. The summed E-state index contributed by atoms with van der Waals surface area (Å²) < 4.78 is 0.934. The van der Waals surface area contributed by atoms with Crippen molar-refractivity contribution >= 4 is 38.4 Å². The summed E-state index contributed by atoms with van der Waals surface area (Å²) in [6, 6.07) is 19.4. The highest BCUT2D eigenvalue weighted by Crippen LogP contribution is 2.35. The van der Waals surface area contributed by atoms with Crippen molar-refractivity contribution in [3.63, 3.8) is 0 Å². The number of aromatic nitrogens is 4. The molecule has 5 rings (SSSR count). The molecule has 7 nitrogen and oxygen atoms in total. The van der Waals surface area contributed by atoms with Gasteiger partial charge in [0.2, 0.25) is 0 Å². The molecule has 3 N–H and O–H groups in total. The van der Waals surface area contributed by atoms with Crippen molar-refractivity contribution in [2.75, 3.05) is 5.73 Å². The summed E-state index contributed by atoms with van der Waals surface area (Å²) in [6.45, 7) is 0. The molecule has 0 unspecified atom stereocenters. The molecule has 0 atom stereocenters. The molecule has 0 saturated carbocycles. The molecule has 8 heteroatoms. The molecule has 0 amide bonds. The minimum absolute atomic E-state index is 0.241. The Labute approximate surface area is 175 Å². The summed E-state index contributed by atoms with van der Waals surface area (Å²) in [4.78, 5) is 16.9. The SMILES string of the molecule is N#CCc1nc2c(-c3nc(N)c(-c4nc5ccccc5[nH]4)cc3C#N)cccc2s1. The highest BCUT2D eigenvalue weighted by molar-refractivity contribution is 7.18. The lowest BCUT2D eigenvalue weighted by molar-refractivity contribution is 1.21. The summed E-state index contributed by atoms with van der Waals surface area (Å²) in [6.07, 6.45) is 0.241. The van der Waals surface area contributed by atoms with Gasteiger partial charge in [0.1, 0.15) is 22.7 Å². The number of para-hydroxylation sites is 3. The van der Waals surface area contributed by atoms with E-state index in [0.29, 0.717) is 33.7 Å². The average molecular weight is 407 g/mol. The van der Waals surface area contributed by atoms with E-state index in [-0.39, 0.29) is 12.2 Å². The van der Waals surface area contributed by atoms with Crippen molar-refractivity contribution in [2.45, 2.75) is 6.42 Å². The van der Waals surface area contributed by atoms with Crippen molar-refractivity contribution in [3.05, 3.63) is 59.1 Å². The smallest absolute Gasteiger partial charge is 0.142 e. The van der Waals surface area contributed by atoms with E-state index in [1.54, 1.807) is 6.07 Å². The van der Waals surface area contributed by atoms with Crippen LogP contribution in [0.1, 0.15) is 10.6 Å². The molecule has 142 valence electrons. The van der Waals surface area contributed by atoms with Gasteiger partial charge in [0.25, 0.3) is 0 Å². The summed E-state index contributed by atoms with van der Waals surface area (Å²) in [5.74, 6) is 0.833. The van der Waals surface area contributed by atoms with Crippen LogP contribution in [0, 0.1) is 22.7 Å². The summed E-state index contributed by atoms with van der Waals surface area (Å²) in [5.41, 5.74) is 10.8. The normalized spacial score (nSPS) is 10.9. The van der Waals surface area contributed by atoms with Gasteiger partial charge in [-0.15, -0.1) is 11.3 Å². The Bertz CT molecular complexity index is 1480. The van der Waals surface area contributed by atoms with Gasteiger partial charge in [-0.2, -0.15) is 10.5 Å². The highest BCUT2D eigenvalue weighted by atomic mass is 32.1. The lowest BCUT2D eigenvalue weighted by Gasteiger charge is -2.09. The van der Waals surface area contributed by atoms with E-state index in [4.69, 9.17) is 11.0 Å². The standard InChI is InChI=1S/C22H13N7S/c23-9-8-18-28-20-13(4-3-7-17(20)30-18)19-12(11-24)10-14(21(25)29-19)22-26-15-5-1-2-6-16(15)27-22/h1-7,10H,8H2,(H2,25,29)(H,26,27). The quantitative estimate of drug-likeness (QED) is 0.455. The molecule has 2 aromatic carbocycles. The summed E-state index contributed by atoms with van der Waals surface area (Å²) >= 11 is 1.46. The number of benzene rings is 2. The third kappa shape index (κ3) is 2.84. The van der Waals surface area contributed by atoms with E-state index in [1.165, 1.54) is 11.3 Å². The van der Waals surface area contributed by atoms with Gasteiger partial charge in [0.15, 0.2) is 0 Å². The van der Waals surface area contributed by atoms with E-state index >= 15 is 0 Å². The first-order valence-corrected chi connectivity index (χ1v) is 9.91. The molecular formula is C22H13N7S. The van der Waals surface area contributed by atoms with Crippen LogP contribution in [-0.2, 0) is 6.42 Å². The molecule has 0 spiro atoms. The van der Waals surface area contributed by atoms with Crippen LogP contribution in [0.3, 0.4) is 0 Å². The predicted octanol–water partition coefficient (Wildman–Crippen LogP) is 4.42. The fraction of sp³-hybridized carbons (Fsp3) is 0.0455. The maximum Gasteiger partial charge on any atom is 0.142 e. The molecule has 0 aliphatic heterocycles. The van der Waals surface area contributed by atoms with Crippen LogP contribution in [0.4, 0.5) is 5.82 Å². The minimum atomic E-state index is 0.241. The van der Waals surface area contributed by atoms with Crippen molar-refractivity contribution in [2.24, 2.45) is 0 Å². The zero-order chi connectivity index (χ0) is 20.7. The first kappa shape index (κ1) is 17.8. The van der Waals surface area contributed by atoms with E-state index in [2.05, 4.69) is 32.1 Å². The Morgan fingerprint density at radius 2 is 1.87 bits per heavy atom. The zero-order valence-electron chi connectivity index (χ0n) is 15.5. The maximum atomic E-state index is 9.82. The number of pyridine rings is 1. The maximum absolute atomic E-state index is 9.82. The number of hydrogen-bond acceptors (Lipinski definition) is 7. The van der Waals surface area contributed by atoms with E-state index in [9.17, 15) is 5.26 Å². The third-order valence-corrected chi connectivity index (χ3v) is 5.79. The van der Waals surface area contributed by atoms with E-state index in [1.807, 2.05) is 42.5 Å².